The number of rotatable bonds is 2. The number of halogens is 3. The molecule has 90 valence electrons. The van der Waals surface area contributed by atoms with Crippen molar-refractivity contribution < 1.29 is 9.59 Å². The van der Waals surface area contributed by atoms with Crippen LogP contribution >= 0.6 is 34.8 Å². The van der Waals surface area contributed by atoms with Crippen LogP contribution in [-0.4, -0.2) is 27.4 Å². The molecule has 0 radical (unpaired) electrons. The van der Waals surface area contributed by atoms with Gasteiger partial charge in [0.2, 0.25) is 9.70 Å². The van der Waals surface area contributed by atoms with Crippen LogP contribution in [0.3, 0.4) is 0 Å². The zero-order chi connectivity index (χ0) is 12.5. The summed E-state index contributed by atoms with van der Waals surface area (Å²) in [6, 6.07) is -0.943. The van der Waals surface area contributed by atoms with Crippen molar-refractivity contribution >= 4 is 52.3 Å². The molecule has 0 aromatic heterocycles. The lowest BCUT2D eigenvalue weighted by Gasteiger charge is -2.28. The Morgan fingerprint density at radius 1 is 1.56 bits per heavy atom. The van der Waals surface area contributed by atoms with Gasteiger partial charge in [-0.3, -0.25) is 9.59 Å². The van der Waals surface area contributed by atoms with Crippen molar-refractivity contribution in [2.24, 2.45) is 11.0 Å². The van der Waals surface area contributed by atoms with Crippen LogP contribution in [0.5, 0.6) is 0 Å². The number of nitrogens with zero attached hydrogens (tertiary/aromatic N) is 1. The summed E-state index contributed by atoms with van der Waals surface area (Å²) >= 11 is 17.2. The molecule has 1 heterocycles. The van der Waals surface area contributed by atoms with Gasteiger partial charge >= 0.3 is 0 Å². The van der Waals surface area contributed by atoms with Gasteiger partial charge in [-0.25, -0.2) is 5.43 Å². The van der Waals surface area contributed by atoms with Crippen molar-refractivity contribution in [2.45, 2.75) is 23.7 Å². The second-order valence-electron chi connectivity index (χ2n) is 3.43. The largest absolute Gasteiger partial charge is 0.348 e. The molecule has 0 bridgehead atoms. The quantitative estimate of drug-likeness (QED) is 0.743. The van der Waals surface area contributed by atoms with E-state index in [0.29, 0.717) is 5.71 Å². The van der Waals surface area contributed by atoms with Crippen molar-refractivity contribution in [2.75, 3.05) is 0 Å². The summed E-state index contributed by atoms with van der Waals surface area (Å²) in [7, 11) is 0. The maximum atomic E-state index is 11.5. The van der Waals surface area contributed by atoms with Crippen molar-refractivity contribution in [3.63, 3.8) is 0 Å². The standard InChI is InChI=1S/C8H10Cl3N3O2/c1-3-5(7(16)14-13-3)6(8(9,10)11)12-4(2)15/h5-6H,1-2H3,(H,12,15)(H,14,16). The van der Waals surface area contributed by atoms with Crippen molar-refractivity contribution in [3.05, 3.63) is 0 Å². The molecule has 0 aliphatic carbocycles. The van der Waals surface area contributed by atoms with Gasteiger partial charge < -0.3 is 5.32 Å². The molecule has 2 amide bonds. The van der Waals surface area contributed by atoms with Crippen LogP contribution in [0.4, 0.5) is 0 Å². The van der Waals surface area contributed by atoms with Gasteiger partial charge in [-0.2, -0.15) is 5.10 Å². The summed E-state index contributed by atoms with van der Waals surface area (Å²) in [4.78, 5) is 22.5. The van der Waals surface area contributed by atoms with E-state index in [0.717, 1.165) is 0 Å². The van der Waals surface area contributed by atoms with Crippen LogP contribution in [0.25, 0.3) is 0 Å². The second kappa shape index (κ2) is 4.77. The SMILES string of the molecule is CC(=O)NC(C1C(=O)NN=C1C)C(Cl)(Cl)Cl. The van der Waals surface area contributed by atoms with Crippen LogP contribution in [0.1, 0.15) is 13.8 Å². The van der Waals surface area contributed by atoms with Gasteiger partial charge in [0.15, 0.2) is 0 Å². The molecule has 0 fully saturated rings. The smallest absolute Gasteiger partial charge is 0.251 e. The normalized spacial score (nSPS) is 22.4. The molecular formula is C8H10Cl3N3O2. The summed E-state index contributed by atoms with van der Waals surface area (Å²) in [6.45, 7) is 2.90. The fraction of sp³-hybridized carbons (Fsp3) is 0.625. The Labute approximate surface area is 107 Å². The van der Waals surface area contributed by atoms with Gasteiger partial charge in [0, 0.05) is 12.6 Å². The molecule has 1 aliphatic rings. The Hall–Kier alpha value is -0.520. The van der Waals surface area contributed by atoms with E-state index in [-0.39, 0.29) is 5.91 Å². The first kappa shape index (κ1) is 13.5. The molecule has 2 unspecified atom stereocenters. The van der Waals surface area contributed by atoms with E-state index in [1.807, 2.05) is 0 Å². The number of carbonyl (C=O) groups excluding carboxylic acids is 2. The summed E-state index contributed by atoms with van der Waals surface area (Å²) in [5, 5.41) is 6.18. The molecule has 0 saturated heterocycles. The van der Waals surface area contributed by atoms with Gasteiger partial charge in [0.1, 0.15) is 5.92 Å². The molecule has 0 saturated carbocycles. The van der Waals surface area contributed by atoms with Crippen LogP contribution in [-0.2, 0) is 9.59 Å². The molecule has 0 aromatic rings. The lowest BCUT2D eigenvalue weighted by Crippen LogP contribution is -2.52. The van der Waals surface area contributed by atoms with Gasteiger partial charge in [0.25, 0.3) is 5.91 Å². The van der Waals surface area contributed by atoms with Crippen LogP contribution in [0.15, 0.2) is 5.10 Å². The third-order valence-corrected chi connectivity index (χ3v) is 2.83. The minimum atomic E-state index is -1.78. The molecule has 0 aromatic carbocycles. The molecule has 2 N–H and O–H groups in total. The monoisotopic (exact) mass is 285 g/mol. The number of hydrazone groups is 1. The molecule has 1 aliphatic heterocycles. The first-order chi connectivity index (χ1) is 7.23. The molecule has 8 heteroatoms. The highest BCUT2D eigenvalue weighted by molar-refractivity contribution is 6.68. The maximum absolute atomic E-state index is 11.5. The Balaban J connectivity index is 2.97. The van der Waals surface area contributed by atoms with Gasteiger partial charge in [-0.1, -0.05) is 34.8 Å². The molecular weight excluding hydrogens is 276 g/mol. The van der Waals surface area contributed by atoms with Crippen molar-refractivity contribution in [1.29, 1.82) is 0 Å². The summed E-state index contributed by atoms with van der Waals surface area (Å²) in [5.41, 5.74) is 2.73. The fourth-order valence-corrected chi connectivity index (χ4v) is 1.98. The third kappa shape index (κ3) is 2.99. The van der Waals surface area contributed by atoms with E-state index in [2.05, 4.69) is 15.8 Å². The molecule has 5 nitrogen and oxygen atoms in total. The lowest BCUT2D eigenvalue weighted by molar-refractivity contribution is -0.123. The van der Waals surface area contributed by atoms with E-state index < -0.39 is 21.7 Å². The zero-order valence-electron chi connectivity index (χ0n) is 8.55. The highest BCUT2D eigenvalue weighted by atomic mass is 35.6. The average molecular weight is 287 g/mol. The highest BCUT2D eigenvalue weighted by Gasteiger charge is 2.46. The second-order valence-corrected chi connectivity index (χ2v) is 5.80. The molecule has 16 heavy (non-hydrogen) atoms. The van der Waals surface area contributed by atoms with Crippen LogP contribution in [0.2, 0.25) is 0 Å². The number of carbonyl (C=O) groups is 2. The Kier molecular flexibility index (Phi) is 4.04. The van der Waals surface area contributed by atoms with Crippen molar-refractivity contribution in [1.82, 2.24) is 10.7 Å². The number of hydrogen-bond acceptors (Lipinski definition) is 3. The van der Waals surface area contributed by atoms with Crippen LogP contribution < -0.4 is 10.7 Å². The van der Waals surface area contributed by atoms with E-state index in [4.69, 9.17) is 34.8 Å². The first-order valence-electron chi connectivity index (χ1n) is 4.41. The predicted octanol–water partition coefficient (Wildman–Crippen LogP) is 0.983. The number of hydrogen-bond donors (Lipinski definition) is 2. The van der Waals surface area contributed by atoms with E-state index in [1.54, 1.807) is 6.92 Å². The third-order valence-electron chi connectivity index (χ3n) is 2.12. The molecule has 2 atom stereocenters. The van der Waals surface area contributed by atoms with Crippen molar-refractivity contribution in [3.8, 4) is 0 Å². The van der Waals surface area contributed by atoms with E-state index in [1.165, 1.54) is 6.92 Å². The summed E-state index contributed by atoms with van der Waals surface area (Å²) in [6.07, 6.45) is 0. The van der Waals surface area contributed by atoms with E-state index >= 15 is 0 Å². The minimum absolute atomic E-state index is 0.385. The van der Waals surface area contributed by atoms with E-state index in [9.17, 15) is 9.59 Å². The maximum Gasteiger partial charge on any atom is 0.251 e. The number of alkyl halides is 3. The Morgan fingerprint density at radius 2 is 2.12 bits per heavy atom. The lowest BCUT2D eigenvalue weighted by atomic mass is 9.96. The summed E-state index contributed by atoms with van der Waals surface area (Å²) in [5.74, 6) is -1.55. The van der Waals surface area contributed by atoms with Gasteiger partial charge in [-0.15, -0.1) is 0 Å². The minimum Gasteiger partial charge on any atom is -0.348 e. The molecule has 0 spiro atoms. The average Bonchev–Trinajstić information content (AvgIpc) is 2.41. The Morgan fingerprint density at radius 3 is 2.44 bits per heavy atom. The van der Waals surface area contributed by atoms with Crippen LogP contribution in [0, 0.1) is 5.92 Å². The topological polar surface area (TPSA) is 70.6 Å². The first-order valence-corrected chi connectivity index (χ1v) is 5.54. The summed E-state index contributed by atoms with van der Waals surface area (Å²) < 4.78 is -1.78. The number of nitrogens with one attached hydrogen (secondary N) is 2. The van der Waals surface area contributed by atoms with Gasteiger partial charge in [0.05, 0.1) is 6.04 Å². The van der Waals surface area contributed by atoms with Gasteiger partial charge in [-0.05, 0) is 6.92 Å². The predicted molar refractivity (Wildman–Crippen MR) is 62.6 cm³/mol. The Bertz CT molecular complexity index is 351. The highest BCUT2D eigenvalue weighted by Crippen LogP contribution is 2.35. The molecule has 1 rings (SSSR count). The zero-order valence-corrected chi connectivity index (χ0v) is 10.8. The number of amides is 2. The fourth-order valence-electron chi connectivity index (χ4n) is 1.44.